The van der Waals surface area contributed by atoms with E-state index in [2.05, 4.69) is 40.1 Å². The van der Waals surface area contributed by atoms with Gasteiger partial charge in [-0.2, -0.15) is 15.5 Å². The molecule has 5 aromatic heterocycles. The lowest BCUT2D eigenvalue weighted by molar-refractivity contribution is 0.0685. The number of aromatic carboxylic acids is 4. The van der Waals surface area contributed by atoms with Gasteiger partial charge in [0.15, 0.2) is 45.2 Å². The number of carboxylic acids is 4. The minimum atomic E-state index is -3.98. The Kier molecular flexibility index (Phi) is 26.4. The van der Waals surface area contributed by atoms with Crippen LogP contribution in [0.3, 0.4) is 0 Å². The Balaban J connectivity index is 0.000000130. The normalized spacial score (nSPS) is 14.5. The molecule has 0 unspecified atom stereocenters. The fraction of sp³-hybridized carbons (Fsp3) is 0.210. The van der Waals surface area contributed by atoms with Crippen LogP contribution in [0, 0.1) is 35.7 Å². The van der Waals surface area contributed by atoms with E-state index in [0.717, 1.165) is 68.6 Å². The topological polar surface area (TPSA) is 421 Å². The van der Waals surface area contributed by atoms with E-state index < -0.39 is 97.9 Å². The molecular formula is C100H84F3N11O16S4. The van der Waals surface area contributed by atoms with Crippen LogP contribution in [0.2, 0.25) is 0 Å². The van der Waals surface area contributed by atoms with E-state index in [1.807, 2.05) is 31.2 Å². The third kappa shape index (κ3) is 20.6. The van der Waals surface area contributed by atoms with Gasteiger partial charge in [-0.25, -0.2) is 75.7 Å². The molecule has 7 heterocycles. The Morgan fingerprint density at radius 3 is 1.15 bits per heavy atom. The predicted molar refractivity (Wildman–Crippen MR) is 494 cm³/mol. The van der Waals surface area contributed by atoms with Crippen molar-refractivity contribution in [2.24, 2.45) is 24.1 Å². The maximum Gasteiger partial charge on any atom is 0.335 e. The number of pyridine rings is 3. The number of carboxylic acid groups (broad SMARTS) is 4. The number of benzene rings is 8. The van der Waals surface area contributed by atoms with Gasteiger partial charge >= 0.3 is 23.9 Å². The molecule has 27 nitrogen and oxygen atoms in total. The van der Waals surface area contributed by atoms with E-state index in [0.29, 0.717) is 120 Å². The average Bonchev–Trinajstić information content (AvgIpc) is 1.70. The van der Waals surface area contributed by atoms with Gasteiger partial charge in [0.25, 0.3) is 0 Å². The lowest BCUT2D eigenvalue weighted by atomic mass is 9.97. The number of sulfone groups is 4. The molecule has 4 fully saturated rings. The highest BCUT2D eigenvalue weighted by Gasteiger charge is 2.38. The standard InChI is InChI=1S/C26H22FN3O4S.C26H21FN2O4S.C26H24N4O4S.C22H17FN2O4S/c1-30-24(9-11-29-30)21-12-18(20(14-22(21)27)23-4-2-3-10-28-23)15-35(33,34)25-13-17(26(31)32)7-8-19(25)16-5-6-16;27-23-13-22(24-3-1-2-9-29-24)19(11-21(23)18-8-10-28-14-18)15-34(32,33)25-12-17(26(30)31)6-7-20(25)16-4-5-16;1-16-11-22(23-5-3-4-10-27-23)19(12-21(16)25-28-15-29-30(25)2)14-35(33,34)24-13-18(26(31)32)8-9-20(24)17-6-7-17;23-19-10-18(20-2-1-7-25-20)16(8-15(19)11-24)12-30(28,29)21-9-14(22(26)27)5-6-17(21)13-3-4-13/h2-4,7-14,16H,5-6,15H2,1H3,(H,31,32);1-3,6-13,16H,4-5,14-15H2,(H,30,31);3-5,8-13,15,17H,6-7,14H2,1-2H3,(H,31,32);1,5-10,13H,2-4,12H2,(H,26,27). The summed E-state index contributed by atoms with van der Waals surface area (Å²) in [4.78, 5) is 71.9. The van der Waals surface area contributed by atoms with Crippen molar-refractivity contribution in [1.29, 1.82) is 5.26 Å². The molecule has 0 radical (unpaired) electrons. The van der Waals surface area contributed by atoms with Crippen LogP contribution < -0.4 is 0 Å². The number of hydrogen-bond donors (Lipinski definition) is 4. The first-order valence-corrected chi connectivity index (χ1v) is 49.1. The zero-order valence-electron chi connectivity index (χ0n) is 72.1. The molecule has 0 bridgehead atoms. The number of aliphatic imine (C=N–C) groups is 2. The molecule has 4 N–H and O–H groups in total. The molecule has 19 rings (SSSR count). The van der Waals surface area contributed by atoms with Crippen molar-refractivity contribution < 1.29 is 86.4 Å². The molecule has 34 heteroatoms. The Hall–Kier alpha value is -14.7. The number of carbonyl (C=O) groups is 4. The lowest BCUT2D eigenvalue weighted by Gasteiger charge is -2.16. The quantitative estimate of drug-likeness (QED) is 0.0371. The minimum absolute atomic E-state index is 0.0123. The summed E-state index contributed by atoms with van der Waals surface area (Å²) < 4.78 is 157. The Morgan fingerprint density at radius 2 is 0.813 bits per heavy atom. The molecule has 0 amide bonds. The van der Waals surface area contributed by atoms with Gasteiger partial charge in [0, 0.05) is 96.7 Å². The highest BCUT2D eigenvalue weighted by Crippen LogP contribution is 2.49. The fourth-order valence-electron chi connectivity index (χ4n) is 16.4. The van der Waals surface area contributed by atoms with Crippen molar-refractivity contribution in [2.75, 3.05) is 6.54 Å². The lowest BCUT2D eigenvalue weighted by Crippen LogP contribution is -2.13. The second kappa shape index (κ2) is 38.3. The third-order valence-electron chi connectivity index (χ3n) is 23.8. The van der Waals surface area contributed by atoms with Gasteiger partial charge in [-0.3, -0.25) is 29.6 Å². The van der Waals surface area contributed by atoms with Crippen molar-refractivity contribution in [3.05, 3.63) is 338 Å². The third-order valence-corrected chi connectivity index (χ3v) is 30.7. The smallest absolute Gasteiger partial charge is 0.335 e. The van der Waals surface area contributed by atoms with Gasteiger partial charge in [-0.1, -0.05) is 48.5 Å². The summed E-state index contributed by atoms with van der Waals surface area (Å²) in [6.45, 7) is 2.26. The first-order valence-electron chi connectivity index (χ1n) is 42.5. The van der Waals surface area contributed by atoms with Gasteiger partial charge in [0.2, 0.25) is 0 Å². The number of aryl methyl sites for hydroxylation is 3. The highest BCUT2D eigenvalue weighted by molar-refractivity contribution is 7.91. The van der Waals surface area contributed by atoms with Gasteiger partial charge in [-0.05, 0) is 283 Å². The fourth-order valence-corrected chi connectivity index (χ4v) is 23.3. The summed E-state index contributed by atoms with van der Waals surface area (Å²) in [5.41, 5.74) is 10.8. The maximum atomic E-state index is 15.3. The molecule has 4 saturated carbocycles. The molecule has 13 aromatic rings. The average molecular weight is 1880 g/mol. The van der Waals surface area contributed by atoms with Crippen molar-refractivity contribution in [2.45, 2.75) is 131 Å². The molecule has 0 atom stereocenters. The number of allylic oxidation sites excluding steroid dienone is 2. The largest absolute Gasteiger partial charge is 0.478 e. The Bertz CT molecular complexity index is 7360. The van der Waals surface area contributed by atoms with E-state index in [1.165, 1.54) is 90.0 Å². The summed E-state index contributed by atoms with van der Waals surface area (Å²) >= 11 is 0. The van der Waals surface area contributed by atoms with E-state index in [-0.39, 0.29) is 88.0 Å². The van der Waals surface area contributed by atoms with E-state index in [9.17, 15) is 82.9 Å². The van der Waals surface area contributed by atoms with Crippen LogP contribution in [0.15, 0.2) is 261 Å². The molecule has 6 aliphatic rings. The molecular weight excluding hydrogens is 1800 g/mol. The SMILES string of the molecule is Cc1cc(-c2ccccn2)c(CS(=O)(=O)c2cc(C(=O)O)ccc2C2CC2)cc1-c1ncnn1C.Cn1nccc1-c1cc(CS(=O)(=O)c2cc(C(=O)O)ccc2C2CC2)c(-c2ccccn2)cc1F.N#Cc1cc(CS(=O)(=O)c2cc(C(=O)O)ccc2C2CC2)c(C2=NC=CC2)cc1F.O=C(O)c1ccc(C2CC2)c(S(=O)(=O)Cc2cc(C3=CC=NC3)c(F)cc2-c2ccccn2)c1. The van der Waals surface area contributed by atoms with E-state index in [1.54, 1.807) is 147 Å². The molecule has 8 aromatic carbocycles. The summed E-state index contributed by atoms with van der Waals surface area (Å²) in [5, 5.41) is 55.1. The zero-order chi connectivity index (χ0) is 94.8. The number of hydrogen-bond acceptors (Lipinski definition) is 21. The summed E-state index contributed by atoms with van der Waals surface area (Å²) in [5.74, 6) is -7.09. The maximum absolute atomic E-state index is 15.3. The van der Waals surface area contributed by atoms with E-state index in [4.69, 9.17) is 0 Å². The predicted octanol–water partition coefficient (Wildman–Crippen LogP) is 18.1. The molecule has 4 aliphatic carbocycles. The second-order valence-electron chi connectivity index (χ2n) is 33.3. The van der Waals surface area contributed by atoms with Gasteiger partial charge in [-0.15, -0.1) is 0 Å². The Morgan fingerprint density at radius 1 is 0.425 bits per heavy atom. The van der Waals surface area contributed by atoms with Crippen molar-refractivity contribution in [1.82, 2.24) is 39.5 Å². The summed E-state index contributed by atoms with van der Waals surface area (Å²) in [7, 11) is -12.3. The van der Waals surface area contributed by atoms with Gasteiger partial charge in [0.1, 0.15) is 29.8 Å². The number of aromatic nitrogens is 8. The number of halogens is 3. The van der Waals surface area contributed by atoms with Crippen LogP contribution >= 0.6 is 0 Å². The van der Waals surface area contributed by atoms with Gasteiger partial charge in [0.05, 0.1) is 105 Å². The first kappa shape index (κ1) is 92.6. The van der Waals surface area contributed by atoms with Gasteiger partial charge < -0.3 is 20.4 Å². The zero-order valence-corrected chi connectivity index (χ0v) is 75.4. The van der Waals surface area contributed by atoms with Crippen LogP contribution in [0.4, 0.5) is 13.2 Å². The van der Waals surface area contributed by atoms with Crippen molar-refractivity contribution in [3.63, 3.8) is 0 Å². The van der Waals surface area contributed by atoms with Crippen LogP contribution in [-0.2, 0) is 76.5 Å². The monoisotopic (exact) mass is 1880 g/mol. The molecule has 680 valence electrons. The Labute approximate surface area is 768 Å². The van der Waals surface area contributed by atoms with Crippen molar-refractivity contribution in [3.8, 4) is 62.5 Å². The second-order valence-corrected chi connectivity index (χ2v) is 41.1. The summed E-state index contributed by atoms with van der Waals surface area (Å²) in [6.07, 6.45) is 21.8. The number of nitriles is 1. The van der Waals surface area contributed by atoms with Crippen molar-refractivity contribution >= 4 is 80.7 Å². The van der Waals surface area contributed by atoms with Crippen LogP contribution in [0.5, 0.6) is 0 Å². The molecule has 0 saturated heterocycles. The molecule has 2 aliphatic heterocycles. The van der Waals surface area contributed by atoms with Crippen LogP contribution in [0.25, 0.3) is 62.0 Å². The molecule has 134 heavy (non-hydrogen) atoms. The summed E-state index contributed by atoms with van der Waals surface area (Å²) in [6, 6.07) is 48.2. The first-order chi connectivity index (χ1) is 64.1. The highest BCUT2D eigenvalue weighted by atomic mass is 32.2. The molecule has 0 spiro atoms. The van der Waals surface area contributed by atoms with Crippen LogP contribution in [-0.4, -0.2) is 136 Å². The number of nitrogens with zero attached hydrogens (tertiary/aromatic N) is 11. The number of rotatable bonds is 27. The van der Waals surface area contributed by atoms with E-state index >= 15 is 8.78 Å². The van der Waals surface area contributed by atoms with Crippen LogP contribution in [0.1, 0.15) is 190 Å². The minimum Gasteiger partial charge on any atom is -0.478 e.